The molecule has 0 saturated carbocycles. The number of pyridine rings is 1. The van der Waals surface area contributed by atoms with Crippen molar-refractivity contribution in [3.63, 3.8) is 0 Å². The van der Waals surface area contributed by atoms with E-state index >= 15 is 0 Å². The molecule has 8 nitrogen and oxygen atoms in total. The number of nitro groups is 1. The molecule has 0 radical (unpaired) electrons. The summed E-state index contributed by atoms with van der Waals surface area (Å²) in [5.74, 6) is -1.45. The van der Waals surface area contributed by atoms with Gasteiger partial charge in [0.05, 0.1) is 26.2 Å². The van der Waals surface area contributed by atoms with Gasteiger partial charge in [-0.05, 0) is 26.0 Å². The molecule has 1 heterocycles. The Balaban J connectivity index is 2.01. The molecule has 26 heavy (non-hydrogen) atoms. The van der Waals surface area contributed by atoms with Crippen LogP contribution >= 0.6 is 23.2 Å². The van der Waals surface area contributed by atoms with E-state index in [0.717, 1.165) is 6.07 Å². The van der Waals surface area contributed by atoms with E-state index in [0.29, 0.717) is 16.3 Å². The van der Waals surface area contributed by atoms with Crippen LogP contribution in [-0.2, 0) is 9.53 Å². The highest BCUT2D eigenvalue weighted by Gasteiger charge is 2.17. The van der Waals surface area contributed by atoms with E-state index in [1.165, 1.54) is 18.2 Å². The molecule has 0 spiro atoms. The van der Waals surface area contributed by atoms with Gasteiger partial charge in [0.15, 0.2) is 12.4 Å². The van der Waals surface area contributed by atoms with E-state index in [9.17, 15) is 19.7 Å². The highest BCUT2D eigenvalue weighted by molar-refractivity contribution is 6.36. The zero-order valence-corrected chi connectivity index (χ0v) is 15.2. The second-order valence-corrected chi connectivity index (χ2v) is 6.08. The van der Waals surface area contributed by atoms with Crippen LogP contribution in [0.4, 0.5) is 11.5 Å². The van der Waals surface area contributed by atoms with E-state index in [4.69, 9.17) is 27.9 Å². The van der Waals surface area contributed by atoms with Gasteiger partial charge in [-0.15, -0.1) is 0 Å². The quantitative estimate of drug-likeness (QED) is 0.467. The van der Waals surface area contributed by atoms with Crippen LogP contribution in [-0.4, -0.2) is 28.4 Å². The predicted molar refractivity (Wildman–Crippen MR) is 95.7 cm³/mol. The van der Waals surface area contributed by atoms with Crippen LogP contribution in [0, 0.1) is 24.0 Å². The average molecular weight is 398 g/mol. The lowest BCUT2D eigenvalue weighted by Crippen LogP contribution is -2.22. The summed E-state index contributed by atoms with van der Waals surface area (Å²) in [5.41, 5.74) is 0.628. The SMILES string of the molecule is Cc1ccc(C(=O)OCC(=O)Nc2nc(C)c(Cl)cc2Cl)cc1[N+](=O)[O-]. The average Bonchev–Trinajstić information content (AvgIpc) is 2.57. The van der Waals surface area contributed by atoms with E-state index in [1.807, 2.05) is 0 Å². The van der Waals surface area contributed by atoms with Crippen LogP contribution in [0.1, 0.15) is 21.6 Å². The number of anilines is 1. The summed E-state index contributed by atoms with van der Waals surface area (Å²) in [4.78, 5) is 38.2. The molecule has 2 aromatic rings. The minimum atomic E-state index is -0.866. The third kappa shape index (κ3) is 4.68. The van der Waals surface area contributed by atoms with Gasteiger partial charge in [0.2, 0.25) is 0 Å². The summed E-state index contributed by atoms with van der Waals surface area (Å²) >= 11 is 11.8. The van der Waals surface area contributed by atoms with Crippen LogP contribution < -0.4 is 5.32 Å². The molecule has 0 aliphatic heterocycles. The number of halogens is 2. The van der Waals surface area contributed by atoms with Gasteiger partial charge in [0.1, 0.15) is 0 Å². The molecule has 0 unspecified atom stereocenters. The van der Waals surface area contributed by atoms with E-state index in [2.05, 4.69) is 10.3 Å². The van der Waals surface area contributed by atoms with Gasteiger partial charge in [-0.3, -0.25) is 14.9 Å². The summed E-state index contributed by atoms with van der Waals surface area (Å²) < 4.78 is 4.86. The first-order valence-corrected chi connectivity index (χ1v) is 7.99. The number of carbonyl (C=O) groups excluding carboxylic acids is 2. The number of hydrogen-bond acceptors (Lipinski definition) is 6. The molecule has 0 atom stereocenters. The number of esters is 1. The van der Waals surface area contributed by atoms with Crippen LogP contribution in [0.15, 0.2) is 24.3 Å². The molecular weight excluding hydrogens is 385 g/mol. The maximum Gasteiger partial charge on any atom is 0.338 e. The number of ether oxygens (including phenoxy) is 1. The molecule has 0 aliphatic rings. The van der Waals surface area contributed by atoms with Crippen LogP contribution in [0.2, 0.25) is 10.0 Å². The van der Waals surface area contributed by atoms with Crippen molar-refractivity contribution in [1.29, 1.82) is 0 Å². The molecule has 1 N–H and O–H groups in total. The molecule has 1 aromatic carbocycles. The maximum atomic E-state index is 12.0. The van der Waals surface area contributed by atoms with Gasteiger partial charge < -0.3 is 10.1 Å². The van der Waals surface area contributed by atoms with Crippen molar-refractivity contribution in [3.8, 4) is 0 Å². The topological polar surface area (TPSA) is 111 Å². The van der Waals surface area contributed by atoms with Crippen LogP contribution in [0.5, 0.6) is 0 Å². The van der Waals surface area contributed by atoms with Crippen molar-refractivity contribution in [2.75, 3.05) is 11.9 Å². The third-order valence-electron chi connectivity index (χ3n) is 3.34. The summed E-state index contributed by atoms with van der Waals surface area (Å²) in [7, 11) is 0. The number of aromatic nitrogens is 1. The van der Waals surface area contributed by atoms with Crippen LogP contribution in [0.25, 0.3) is 0 Å². The number of nitrogens with zero attached hydrogens (tertiary/aromatic N) is 2. The Morgan fingerprint density at radius 3 is 2.58 bits per heavy atom. The Bertz CT molecular complexity index is 902. The number of amides is 1. The van der Waals surface area contributed by atoms with Gasteiger partial charge >= 0.3 is 5.97 Å². The molecule has 0 bridgehead atoms. The number of benzene rings is 1. The van der Waals surface area contributed by atoms with Gasteiger partial charge in [-0.2, -0.15) is 0 Å². The Kier molecular flexibility index (Phi) is 6.12. The second kappa shape index (κ2) is 8.11. The van der Waals surface area contributed by atoms with E-state index in [-0.39, 0.29) is 22.1 Å². The molecule has 0 aliphatic carbocycles. The maximum absolute atomic E-state index is 12.0. The molecule has 2 rings (SSSR count). The number of nitrogens with one attached hydrogen (secondary N) is 1. The largest absolute Gasteiger partial charge is 0.452 e. The molecule has 136 valence electrons. The van der Waals surface area contributed by atoms with Gasteiger partial charge in [-0.1, -0.05) is 29.3 Å². The third-order valence-corrected chi connectivity index (χ3v) is 4.01. The number of hydrogen-bond donors (Lipinski definition) is 1. The monoisotopic (exact) mass is 397 g/mol. The summed E-state index contributed by atoms with van der Waals surface area (Å²) in [6.07, 6.45) is 0. The number of rotatable bonds is 5. The predicted octanol–water partition coefficient (Wildman–Crippen LogP) is 3.71. The lowest BCUT2D eigenvalue weighted by Gasteiger charge is -2.09. The first-order chi connectivity index (χ1) is 12.2. The summed E-state index contributed by atoms with van der Waals surface area (Å²) in [5, 5.41) is 13.8. The Labute approximate surface area is 158 Å². The fraction of sp³-hybridized carbons (Fsp3) is 0.188. The standard InChI is InChI=1S/C16H13Cl2N3O5/c1-8-3-4-10(5-13(8)21(24)25)16(23)26-7-14(22)20-15-12(18)6-11(17)9(2)19-15/h3-6H,7H2,1-2H3,(H,19,20,22). The zero-order chi connectivity index (χ0) is 19.4. The van der Waals surface area contributed by atoms with Crippen molar-refractivity contribution in [3.05, 3.63) is 61.2 Å². The van der Waals surface area contributed by atoms with Crippen molar-refractivity contribution in [1.82, 2.24) is 4.98 Å². The Hall–Kier alpha value is -2.71. The minimum absolute atomic E-state index is 0.0337. The fourth-order valence-electron chi connectivity index (χ4n) is 1.96. The van der Waals surface area contributed by atoms with Crippen molar-refractivity contribution >= 4 is 46.6 Å². The molecule has 10 heteroatoms. The van der Waals surface area contributed by atoms with Crippen LogP contribution in [0.3, 0.4) is 0 Å². The highest BCUT2D eigenvalue weighted by Crippen LogP contribution is 2.25. The summed E-state index contributed by atoms with van der Waals surface area (Å²) in [6, 6.07) is 5.33. The fourth-order valence-corrected chi connectivity index (χ4v) is 2.37. The van der Waals surface area contributed by atoms with Crippen molar-refractivity contribution in [2.24, 2.45) is 0 Å². The minimum Gasteiger partial charge on any atom is -0.452 e. The van der Waals surface area contributed by atoms with Gasteiger partial charge in [-0.25, -0.2) is 9.78 Å². The van der Waals surface area contributed by atoms with E-state index in [1.54, 1.807) is 13.8 Å². The Morgan fingerprint density at radius 1 is 1.23 bits per heavy atom. The van der Waals surface area contributed by atoms with Crippen molar-refractivity contribution in [2.45, 2.75) is 13.8 Å². The smallest absolute Gasteiger partial charge is 0.338 e. The highest BCUT2D eigenvalue weighted by atomic mass is 35.5. The second-order valence-electron chi connectivity index (χ2n) is 5.27. The molecular formula is C16H13Cl2N3O5. The number of aryl methyl sites for hydroxylation is 2. The van der Waals surface area contributed by atoms with Gasteiger partial charge in [0.25, 0.3) is 11.6 Å². The molecule has 0 fully saturated rings. The first-order valence-electron chi connectivity index (χ1n) is 7.23. The molecule has 1 amide bonds. The number of carbonyl (C=O) groups is 2. The Morgan fingerprint density at radius 2 is 1.92 bits per heavy atom. The normalized spacial score (nSPS) is 10.3. The van der Waals surface area contributed by atoms with Crippen molar-refractivity contribution < 1.29 is 19.2 Å². The summed E-state index contributed by atoms with van der Waals surface area (Å²) in [6.45, 7) is 2.57. The van der Waals surface area contributed by atoms with Gasteiger partial charge in [0, 0.05) is 11.6 Å². The molecule has 1 aromatic heterocycles. The lowest BCUT2D eigenvalue weighted by atomic mass is 10.1. The first kappa shape index (κ1) is 19.6. The molecule has 0 saturated heterocycles. The zero-order valence-electron chi connectivity index (χ0n) is 13.7. The van der Waals surface area contributed by atoms with E-state index < -0.39 is 23.4 Å². The lowest BCUT2D eigenvalue weighted by molar-refractivity contribution is -0.385. The number of nitro benzene ring substituents is 1.